The van der Waals surface area contributed by atoms with Crippen LogP contribution in [-0.2, 0) is 11.2 Å². The van der Waals surface area contributed by atoms with Gasteiger partial charge in [0, 0.05) is 11.3 Å². The number of hydrogen-bond donors (Lipinski definition) is 1. The molecule has 0 aliphatic heterocycles. The molecule has 0 spiro atoms. The average Bonchev–Trinajstić information content (AvgIpc) is 2.54. The van der Waals surface area contributed by atoms with E-state index in [4.69, 9.17) is 0 Å². The molecule has 0 heterocycles. The van der Waals surface area contributed by atoms with Gasteiger partial charge in [-0.3, -0.25) is 9.59 Å². The highest BCUT2D eigenvalue weighted by atomic mass is 32.2. The van der Waals surface area contributed by atoms with Crippen molar-refractivity contribution in [2.24, 2.45) is 0 Å². The molecule has 1 N–H and O–H groups in total. The lowest BCUT2D eigenvalue weighted by Crippen LogP contribution is -2.15. The van der Waals surface area contributed by atoms with Crippen LogP contribution < -0.4 is 5.32 Å². The summed E-state index contributed by atoms with van der Waals surface area (Å²) in [4.78, 5) is 24.0. The van der Waals surface area contributed by atoms with E-state index in [1.54, 1.807) is 6.07 Å². The molecule has 0 aliphatic carbocycles. The summed E-state index contributed by atoms with van der Waals surface area (Å²) in [5.41, 5.74) is 3.57. The van der Waals surface area contributed by atoms with Crippen molar-refractivity contribution >= 4 is 28.5 Å². The van der Waals surface area contributed by atoms with Crippen LogP contribution in [0.15, 0.2) is 48.5 Å². The molecule has 2 rings (SSSR count). The number of thioether (sulfide) groups is 1. The molecule has 0 fully saturated rings. The Morgan fingerprint density at radius 2 is 1.73 bits per heavy atom. The molecule has 2 aromatic rings. The van der Waals surface area contributed by atoms with Crippen LogP contribution in [0.2, 0.25) is 0 Å². The maximum absolute atomic E-state index is 12.1. The molecular weight excluding hydrogens is 294 g/mol. The second-order valence-electron chi connectivity index (χ2n) is 4.99. The fourth-order valence-corrected chi connectivity index (χ4v) is 2.75. The molecule has 0 atom stereocenters. The topological polar surface area (TPSA) is 46.2 Å². The van der Waals surface area contributed by atoms with Crippen molar-refractivity contribution in [3.8, 4) is 0 Å². The van der Waals surface area contributed by atoms with Gasteiger partial charge < -0.3 is 5.32 Å². The van der Waals surface area contributed by atoms with E-state index in [9.17, 15) is 9.59 Å². The molecule has 0 saturated carbocycles. The van der Waals surface area contributed by atoms with E-state index in [1.807, 2.05) is 49.4 Å². The summed E-state index contributed by atoms with van der Waals surface area (Å²) in [6.07, 6.45) is 0.967. The molecule has 114 valence electrons. The zero-order chi connectivity index (χ0) is 15.9. The largest absolute Gasteiger partial charge is 0.325 e. The maximum atomic E-state index is 12.1. The van der Waals surface area contributed by atoms with Crippen LogP contribution in [0.5, 0.6) is 0 Å². The van der Waals surface area contributed by atoms with Crippen molar-refractivity contribution < 1.29 is 9.59 Å². The standard InChI is InChI=1S/C18H19NO2S/c1-3-14-8-10-15(11-9-14)19-17(20)12-22-18(21)16-7-5-4-6-13(16)2/h4-11H,3,12H2,1-2H3,(H,19,20). The summed E-state index contributed by atoms with van der Waals surface area (Å²) in [6.45, 7) is 3.98. The quantitative estimate of drug-likeness (QED) is 0.905. The number of hydrogen-bond acceptors (Lipinski definition) is 3. The lowest BCUT2D eigenvalue weighted by atomic mass is 10.1. The van der Waals surface area contributed by atoms with E-state index < -0.39 is 0 Å². The second kappa shape index (κ2) is 7.80. The fourth-order valence-electron chi connectivity index (χ4n) is 2.03. The summed E-state index contributed by atoms with van der Waals surface area (Å²) in [6, 6.07) is 15.1. The molecule has 22 heavy (non-hydrogen) atoms. The Hall–Kier alpha value is -2.07. The number of amides is 1. The van der Waals surface area contributed by atoms with Gasteiger partial charge in [-0.25, -0.2) is 0 Å². The molecule has 0 radical (unpaired) electrons. The van der Waals surface area contributed by atoms with E-state index >= 15 is 0 Å². The van der Waals surface area contributed by atoms with E-state index in [-0.39, 0.29) is 16.8 Å². The minimum atomic E-state index is -0.170. The number of rotatable bonds is 5. The Morgan fingerprint density at radius 1 is 1.05 bits per heavy atom. The van der Waals surface area contributed by atoms with Gasteiger partial charge in [-0.15, -0.1) is 0 Å². The lowest BCUT2D eigenvalue weighted by Gasteiger charge is -2.06. The Labute approximate surface area is 135 Å². The Balaban J connectivity index is 1.87. The van der Waals surface area contributed by atoms with Crippen LogP contribution in [0.3, 0.4) is 0 Å². The van der Waals surface area contributed by atoms with E-state index in [1.165, 1.54) is 5.56 Å². The van der Waals surface area contributed by atoms with E-state index in [2.05, 4.69) is 12.2 Å². The number of anilines is 1. The maximum Gasteiger partial charge on any atom is 0.234 e. The number of carbonyl (C=O) groups is 2. The first-order chi connectivity index (χ1) is 10.6. The molecule has 4 heteroatoms. The summed E-state index contributed by atoms with van der Waals surface area (Å²) < 4.78 is 0. The van der Waals surface area contributed by atoms with Crippen LogP contribution in [0.25, 0.3) is 0 Å². The third-order valence-corrected chi connectivity index (χ3v) is 4.23. The van der Waals surface area contributed by atoms with Gasteiger partial charge in [0.15, 0.2) is 0 Å². The highest BCUT2D eigenvalue weighted by molar-refractivity contribution is 8.14. The molecule has 0 saturated heterocycles. The summed E-state index contributed by atoms with van der Waals surface area (Å²) >= 11 is 1.03. The molecule has 0 aliphatic rings. The highest BCUT2D eigenvalue weighted by Crippen LogP contribution is 2.17. The van der Waals surface area contributed by atoms with Gasteiger partial charge in [0.1, 0.15) is 0 Å². The summed E-state index contributed by atoms with van der Waals surface area (Å²) in [5.74, 6) is -0.0564. The molecule has 0 aromatic heterocycles. The number of nitrogens with one attached hydrogen (secondary N) is 1. The van der Waals surface area contributed by atoms with E-state index in [0.29, 0.717) is 5.56 Å². The van der Waals surface area contributed by atoms with Crippen molar-refractivity contribution in [3.05, 3.63) is 65.2 Å². The Morgan fingerprint density at radius 3 is 2.36 bits per heavy atom. The predicted octanol–water partition coefficient (Wildman–Crippen LogP) is 4.07. The van der Waals surface area contributed by atoms with Crippen molar-refractivity contribution in [2.75, 3.05) is 11.1 Å². The number of aryl methyl sites for hydroxylation is 2. The van der Waals surface area contributed by atoms with Crippen LogP contribution in [0.1, 0.15) is 28.4 Å². The average molecular weight is 313 g/mol. The zero-order valence-electron chi connectivity index (χ0n) is 12.8. The predicted molar refractivity (Wildman–Crippen MR) is 92.4 cm³/mol. The Kier molecular flexibility index (Phi) is 5.78. The molecule has 1 amide bonds. The molecule has 0 bridgehead atoms. The molecular formula is C18H19NO2S. The summed E-state index contributed by atoms with van der Waals surface area (Å²) in [5, 5.41) is 2.73. The van der Waals surface area contributed by atoms with Gasteiger partial charge in [0.05, 0.1) is 5.75 Å². The lowest BCUT2D eigenvalue weighted by molar-refractivity contribution is -0.113. The first kappa shape index (κ1) is 16.3. The van der Waals surface area contributed by atoms with Crippen molar-refractivity contribution in [1.29, 1.82) is 0 Å². The minimum Gasteiger partial charge on any atom is -0.325 e. The van der Waals surface area contributed by atoms with Gasteiger partial charge in [-0.2, -0.15) is 0 Å². The third kappa shape index (κ3) is 4.46. The molecule has 0 unspecified atom stereocenters. The van der Waals surface area contributed by atoms with Crippen molar-refractivity contribution in [1.82, 2.24) is 0 Å². The molecule has 2 aromatic carbocycles. The second-order valence-corrected chi connectivity index (χ2v) is 5.94. The van der Waals surface area contributed by atoms with Gasteiger partial charge >= 0.3 is 0 Å². The van der Waals surface area contributed by atoms with Gasteiger partial charge in [0.25, 0.3) is 0 Å². The van der Waals surface area contributed by atoms with Crippen LogP contribution in [-0.4, -0.2) is 16.8 Å². The number of carbonyl (C=O) groups excluding carboxylic acids is 2. The fraction of sp³-hybridized carbons (Fsp3) is 0.222. The number of benzene rings is 2. The zero-order valence-corrected chi connectivity index (χ0v) is 13.6. The van der Waals surface area contributed by atoms with Gasteiger partial charge in [-0.1, -0.05) is 55.1 Å². The normalized spacial score (nSPS) is 10.3. The van der Waals surface area contributed by atoms with Gasteiger partial charge in [-0.05, 0) is 36.6 Å². The van der Waals surface area contributed by atoms with Gasteiger partial charge in [0.2, 0.25) is 11.0 Å². The first-order valence-corrected chi connectivity index (χ1v) is 8.20. The van der Waals surface area contributed by atoms with Crippen molar-refractivity contribution in [3.63, 3.8) is 0 Å². The highest BCUT2D eigenvalue weighted by Gasteiger charge is 2.12. The third-order valence-electron chi connectivity index (χ3n) is 3.35. The van der Waals surface area contributed by atoms with E-state index in [0.717, 1.165) is 29.4 Å². The van der Waals surface area contributed by atoms with Crippen molar-refractivity contribution in [2.45, 2.75) is 20.3 Å². The Bertz CT molecular complexity index is 665. The summed E-state index contributed by atoms with van der Waals surface area (Å²) in [7, 11) is 0. The minimum absolute atomic E-state index is 0.0745. The molecule has 3 nitrogen and oxygen atoms in total. The first-order valence-electron chi connectivity index (χ1n) is 7.21. The smallest absolute Gasteiger partial charge is 0.234 e. The van der Waals surface area contributed by atoms with Crippen LogP contribution in [0.4, 0.5) is 5.69 Å². The van der Waals surface area contributed by atoms with Crippen LogP contribution >= 0.6 is 11.8 Å². The van der Waals surface area contributed by atoms with Crippen LogP contribution in [0, 0.1) is 6.92 Å². The SMILES string of the molecule is CCc1ccc(NC(=O)CSC(=O)c2ccccc2C)cc1. The monoisotopic (exact) mass is 313 g/mol.